The first-order valence-corrected chi connectivity index (χ1v) is 6.99. The Kier molecular flexibility index (Phi) is 4.44. The number of nitrogens with two attached hydrogens (primary N) is 1. The summed E-state index contributed by atoms with van der Waals surface area (Å²) in [5, 5.41) is 0. The fourth-order valence-corrected chi connectivity index (χ4v) is 2.66. The average molecular weight is 252 g/mol. The highest BCUT2D eigenvalue weighted by Crippen LogP contribution is 2.20. The van der Waals surface area contributed by atoms with Crippen LogP contribution in [0.15, 0.2) is 4.99 Å². The van der Waals surface area contributed by atoms with Gasteiger partial charge in [0.15, 0.2) is 5.96 Å². The van der Waals surface area contributed by atoms with Crippen LogP contribution < -0.4 is 5.73 Å². The summed E-state index contributed by atoms with van der Waals surface area (Å²) in [4.78, 5) is 20.1. The molecule has 0 aromatic carbocycles. The van der Waals surface area contributed by atoms with Crippen LogP contribution in [0.5, 0.6) is 0 Å². The van der Waals surface area contributed by atoms with E-state index in [0.29, 0.717) is 18.5 Å². The molecule has 1 amide bonds. The van der Waals surface area contributed by atoms with Crippen molar-refractivity contribution in [3.05, 3.63) is 0 Å². The topological polar surface area (TPSA) is 61.9 Å². The normalized spacial score (nSPS) is 24.3. The van der Waals surface area contributed by atoms with Gasteiger partial charge in [0, 0.05) is 20.1 Å². The van der Waals surface area contributed by atoms with Crippen molar-refractivity contribution in [3.63, 3.8) is 0 Å². The van der Waals surface area contributed by atoms with Crippen molar-refractivity contribution >= 4 is 11.9 Å². The fraction of sp³-hybridized carbons (Fsp3) is 0.846. The van der Waals surface area contributed by atoms with Crippen molar-refractivity contribution in [2.75, 3.05) is 26.7 Å². The molecular weight excluding hydrogens is 228 g/mol. The van der Waals surface area contributed by atoms with E-state index in [4.69, 9.17) is 5.73 Å². The smallest absolute Gasteiger partial charge is 0.241 e. The van der Waals surface area contributed by atoms with Crippen molar-refractivity contribution in [3.8, 4) is 0 Å². The zero-order valence-electron chi connectivity index (χ0n) is 11.3. The predicted octanol–water partition coefficient (Wildman–Crippen LogP) is 0.798. The lowest BCUT2D eigenvalue weighted by atomic mass is 9.96. The largest absolute Gasteiger partial charge is 0.370 e. The summed E-state index contributed by atoms with van der Waals surface area (Å²) in [5.74, 6) is 0.694. The number of carbonyl (C=O) groups excluding carboxylic acids is 1. The number of rotatable bonds is 1. The van der Waals surface area contributed by atoms with Gasteiger partial charge in [-0.25, -0.2) is 4.99 Å². The van der Waals surface area contributed by atoms with Gasteiger partial charge in [0.25, 0.3) is 0 Å². The van der Waals surface area contributed by atoms with Gasteiger partial charge in [-0.15, -0.1) is 0 Å². The molecular formula is C13H24N4O. The number of nitrogens with zero attached hydrogens (tertiary/aromatic N) is 3. The van der Waals surface area contributed by atoms with E-state index in [1.54, 1.807) is 4.90 Å². The third-order valence-electron chi connectivity index (χ3n) is 3.89. The van der Waals surface area contributed by atoms with E-state index in [-0.39, 0.29) is 5.91 Å². The van der Waals surface area contributed by atoms with E-state index in [0.717, 1.165) is 32.4 Å². The molecule has 0 spiro atoms. The molecule has 0 bridgehead atoms. The Balaban J connectivity index is 1.96. The summed E-state index contributed by atoms with van der Waals surface area (Å²) >= 11 is 0. The van der Waals surface area contributed by atoms with Crippen LogP contribution in [0.1, 0.15) is 38.5 Å². The number of carbonyl (C=O) groups is 1. The minimum atomic E-state index is 0.134. The van der Waals surface area contributed by atoms with Gasteiger partial charge >= 0.3 is 0 Å². The molecule has 1 heterocycles. The Morgan fingerprint density at radius 3 is 2.67 bits per heavy atom. The van der Waals surface area contributed by atoms with Gasteiger partial charge < -0.3 is 15.5 Å². The van der Waals surface area contributed by atoms with Crippen LogP contribution in [0.25, 0.3) is 0 Å². The Morgan fingerprint density at radius 1 is 1.22 bits per heavy atom. The maximum absolute atomic E-state index is 11.8. The Labute approximate surface area is 109 Å². The molecule has 102 valence electrons. The summed E-state index contributed by atoms with van der Waals surface area (Å²) in [6.45, 7) is 2.02. The lowest BCUT2D eigenvalue weighted by Gasteiger charge is -2.24. The minimum absolute atomic E-state index is 0.134. The highest BCUT2D eigenvalue weighted by Gasteiger charge is 2.21. The van der Waals surface area contributed by atoms with Crippen molar-refractivity contribution in [2.45, 2.75) is 44.6 Å². The molecule has 1 saturated heterocycles. The van der Waals surface area contributed by atoms with Gasteiger partial charge in [0.1, 0.15) is 0 Å². The van der Waals surface area contributed by atoms with Crippen LogP contribution in [0.2, 0.25) is 0 Å². The lowest BCUT2D eigenvalue weighted by molar-refractivity contribution is -0.129. The van der Waals surface area contributed by atoms with Gasteiger partial charge in [0.2, 0.25) is 5.91 Å². The molecule has 1 aliphatic carbocycles. The molecule has 1 saturated carbocycles. The van der Waals surface area contributed by atoms with Gasteiger partial charge in [0.05, 0.1) is 12.6 Å². The monoisotopic (exact) mass is 252 g/mol. The molecule has 18 heavy (non-hydrogen) atoms. The standard InChI is InChI=1S/C13H24N4O/c1-16-8-5-9-17(10-12(16)18)13(14)15-11-6-3-2-4-7-11/h11H,2-10H2,1H3,(H2,14,15). The first kappa shape index (κ1) is 13.2. The number of likely N-dealkylation sites (N-methyl/N-ethyl adjacent to an activating group) is 1. The maximum Gasteiger partial charge on any atom is 0.241 e. The first-order valence-electron chi connectivity index (χ1n) is 6.99. The van der Waals surface area contributed by atoms with Gasteiger partial charge in [-0.1, -0.05) is 19.3 Å². The van der Waals surface area contributed by atoms with Gasteiger partial charge in [-0.05, 0) is 19.3 Å². The predicted molar refractivity (Wildman–Crippen MR) is 72.3 cm³/mol. The van der Waals surface area contributed by atoms with E-state index in [1.165, 1.54) is 19.3 Å². The zero-order valence-corrected chi connectivity index (χ0v) is 11.3. The number of aliphatic imine (C=N–C) groups is 1. The van der Waals surface area contributed by atoms with Crippen LogP contribution in [0, 0.1) is 0 Å². The van der Waals surface area contributed by atoms with E-state index in [1.807, 2.05) is 11.9 Å². The average Bonchev–Trinajstić information content (AvgIpc) is 2.53. The number of hydrogen-bond donors (Lipinski definition) is 1. The summed E-state index contributed by atoms with van der Waals surface area (Å²) in [7, 11) is 1.85. The quantitative estimate of drug-likeness (QED) is 0.554. The molecule has 0 aromatic heterocycles. The Morgan fingerprint density at radius 2 is 1.94 bits per heavy atom. The molecule has 0 radical (unpaired) electrons. The van der Waals surface area contributed by atoms with Crippen LogP contribution in [-0.4, -0.2) is 54.4 Å². The summed E-state index contributed by atoms with van der Waals surface area (Å²) in [6.07, 6.45) is 7.07. The van der Waals surface area contributed by atoms with Crippen LogP contribution in [-0.2, 0) is 4.79 Å². The van der Waals surface area contributed by atoms with Crippen molar-refractivity contribution < 1.29 is 4.79 Å². The molecule has 2 fully saturated rings. The van der Waals surface area contributed by atoms with Crippen LogP contribution >= 0.6 is 0 Å². The lowest BCUT2D eigenvalue weighted by Crippen LogP contribution is -2.42. The second-order valence-electron chi connectivity index (χ2n) is 5.37. The molecule has 2 rings (SSSR count). The van der Waals surface area contributed by atoms with E-state index >= 15 is 0 Å². The molecule has 2 N–H and O–H groups in total. The summed E-state index contributed by atoms with van der Waals surface area (Å²) < 4.78 is 0. The number of guanidine groups is 1. The molecule has 1 aliphatic heterocycles. The Bertz CT molecular complexity index is 323. The number of hydrogen-bond acceptors (Lipinski definition) is 2. The molecule has 5 nitrogen and oxygen atoms in total. The molecule has 2 aliphatic rings. The zero-order chi connectivity index (χ0) is 13.0. The minimum Gasteiger partial charge on any atom is -0.370 e. The van der Waals surface area contributed by atoms with Crippen molar-refractivity contribution in [1.29, 1.82) is 0 Å². The SMILES string of the molecule is CN1CCCN(C(N)=NC2CCCCC2)CC1=O. The first-order chi connectivity index (χ1) is 8.66. The van der Waals surface area contributed by atoms with Crippen LogP contribution in [0.3, 0.4) is 0 Å². The third kappa shape index (κ3) is 3.37. The maximum atomic E-state index is 11.8. The molecule has 5 heteroatoms. The van der Waals surface area contributed by atoms with Gasteiger partial charge in [-0.3, -0.25) is 4.79 Å². The third-order valence-corrected chi connectivity index (χ3v) is 3.89. The van der Waals surface area contributed by atoms with Gasteiger partial charge in [-0.2, -0.15) is 0 Å². The highest BCUT2D eigenvalue weighted by atomic mass is 16.2. The number of amides is 1. The fourth-order valence-electron chi connectivity index (χ4n) is 2.66. The highest BCUT2D eigenvalue weighted by molar-refractivity contribution is 5.86. The van der Waals surface area contributed by atoms with E-state index in [2.05, 4.69) is 4.99 Å². The van der Waals surface area contributed by atoms with E-state index < -0.39 is 0 Å². The summed E-state index contributed by atoms with van der Waals surface area (Å²) in [6, 6.07) is 0.370. The Hall–Kier alpha value is -1.26. The second-order valence-corrected chi connectivity index (χ2v) is 5.37. The summed E-state index contributed by atoms with van der Waals surface area (Å²) in [5.41, 5.74) is 6.06. The van der Waals surface area contributed by atoms with Crippen molar-refractivity contribution in [2.24, 2.45) is 10.7 Å². The molecule has 0 atom stereocenters. The van der Waals surface area contributed by atoms with Crippen molar-refractivity contribution in [1.82, 2.24) is 9.80 Å². The molecule has 0 unspecified atom stereocenters. The van der Waals surface area contributed by atoms with Crippen LogP contribution in [0.4, 0.5) is 0 Å². The molecule has 0 aromatic rings. The second kappa shape index (κ2) is 6.07. The van der Waals surface area contributed by atoms with E-state index in [9.17, 15) is 4.79 Å².